The van der Waals surface area contributed by atoms with Crippen LogP contribution < -0.4 is 0 Å². The van der Waals surface area contributed by atoms with Crippen LogP contribution in [0.3, 0.4) is 0 Å². The summed E-state index contributed by atoms with van der Waals surface area (Å²) in [6, 6.07) is 14.4. The molecule has 0 spiro atoms. The molecule has 1 N–H and O–H groups in total. The molecular formula is C19H16FNO2. The quantitative estimate of drug-likeness (QED) is 0.733. The Labute approximate surface area is 133 Å². The predicted octanol–water partition coefficient (Wildman–Crippen LogP) is 4.23. The number of aliphatic carboxylic acids is 1. The van der Waals surface area contributed by atoms with E-state index < -0.39 is 5.97 Å². The SMILES string of the molecule is Cc1c(/C=C/C(=O)O)c2ccccc2n1Cc1ccccc1F. The smallest absolute Gasteiger partial charge is 0.328 e. The molecule has 0 saturated heterocycles. The summed E-state index contributed by atoms with van der Waals surface area (Å²) in [6.07, 6.45) is 2.72. The molecule has 4 heteroatoms. The lowest BCUT2D eigenvalue weighted by atomic mass is 10.1. The van der Waals surface area contributed by atoms with Crippen LogP contribution in [-0.4, -0.2) is 15.6 Å². The Kier molecular flexibility index (Phi) is 3.98. The second-order valence-electron chi connectivity index (χ2n) is 5.37. The van der Waals surface area contributed by atoms with Gasteiger partial charge >= 0.3 is 5.97 Å². The van der Waals surface area contributed by atoms with Crippen molar-refractivity contribution in [2.75, 3.05) is 0 Å². The van der Waals surface area contributed by atoms with Gasteiger partial charge in [-0.2, -0.15) is 0 Å². The van der Waals surface area contributed by atoms with Crippen LogP contribution >= 0.6 is 0 Å². The minimum absolute atomic E-state index is 0.243. The van der Waals surface area contributed by atoms with Crippen LogP contribution in [0.5, 0.6) is 0 Å². The van der Waals surface area contributed by atoms with E-state index in [9.17, 15) is 9.18 Å². The summed E-state index contributed by atoms with van der Waals surface area (Å²) >= 11 is 0. The number of para-hydroxylation sites is 1. The highest BCUT2D eigenvalue weighted by molar-refractivity contribution is 5.95. The van der Waals surface area contributed by atoms with Gasteiger partial charge in [0.25, 0.3) is 0 Å². The van der Waals surface area contributed by atoms with Crippen molar-refractivity contribution in [2.24, 2.45) is 0 Å². The third-order valence-corrected chi connectivity index (χ3v) is 3.96. The molecule has 0 saturated carbocycles. The number of benzene rings is 2. The number of carboxylic acids is 1. The first-order valence-corrected chi connectivity index (χ1v) is 7.30. The molecule has 3 aromatic rings. The number of fused-ring (bicyclic) bond motifs is 1. The molecule has 23 heavy (non-hydrogen) atoms. The number of hydrogen-bond acceptors (Lipinski definition) is 1. The van der Waals surface area contributed by atoms with E-state index in [1.54, 1.807) is 18.2 Å². The number of hydrogen-bond donors (Lipinski definition) is 1. The van der Waals surface area contributed by atoms with E-state index in [1.807, 2.05) is 41.8 Å². The first kappa shape index (κ1) is 15.0. The van der Waals surface area contributed by atoms with Gasteiger partial charge in [-0.3, -0.25) is 0 Å². The molecule has 0 aliphatic heterocycles. The first-order chi connectivity index (χ1) is 11.1. The van der Waals surface area contributed by atoms with Crippen molar-refractivity contribution in [3.05, 3.63) is 77.2 Å². The highest BCUT2D eigenvalue weighted by Gasteiger charge is 2.13. The van der Waals surface area contributed by atoms with Crippen LogP contribution in [0.2, 0.25) is 0 Å². The maximum Gasteiger partial charge on any atom is 0.328 e. The molecule has 0 radical (unpaired) electrons. The Hall–Kier alpha value is -2.88. The fourth-order valence-electron chi connectivity index (χ4n) is 2.82. The molecule has 0 aliphatic rings. The molecule has 1 aromatic heterocycles. The number of rotatable bonds is 4. The van der Waals surface area contributed by atoms with Gasteiger partial charge in [0.1, 0.15) is 5.82 Å². The zero-order valence-corrected chi connectivity index (χ0v) is 12.7. The minimum Gasteiger partial charge on any atom is -0.478 e. The molecular weight excluding hydrogens is 293 g/mol. The molecule has 116 valence electrons. The zero-order chi connectivity index (χ0) is 16.4. The van der Waals surface area contributed by atoms with E-state index in [2.05, 4.69) is 0 Å². The largest absolute Gasteiger partial charge is 0.478 e. The van der Waals surface area contributed by atoms with Gasteiger partial charge in [-0.1, -0.05) is 36.4 Å². The summed E-state index contributed by atoms with van der Waals surface area (Å²) in [5.41, 5.74) is 3.31. The number of halogens is 1. The Bertz CT molecular complexity index is 909. The number of aromatic nitrogens is 1. The van der Waals surface area contributed by atoms with Gasteiger partial charge in [-0.05, 0) is 25.1 Å². The molecule has 3 nitrogen and oxygen atoms in total. The summed E-state index contributed by atoms with van der Waals surface area (Å²) in [7, 11) is 0. The summed E-state index contributed by atoms with van der Waals surface area (Å²) < 4.78 is 16.0. The fourth-order valence-corrected chi connectivity index (χ4v) is 2.82. The van der Waals surface area contributed by atoms with Gasteiger partial charge in [0.15, 0.2) is 0 Å². The normalized spacial score (nSPS) is 11.4. The molecule has 0 aliphatic carbocycles. The number of nitrogens with zero attached hydrogens (tertiary/aromatic N) is 1. The lowest BCUT2D eigenvalue weighted by Gasteiger charge is -2.09. The van der Waals surface area contributed by atoms with Crippen molar-refractivity contribution >= 4 is 22.9 Å². The van der Waals surface area contributed by atoms with Gasteiger partial charge in [0, 0.05) is 33.8 Å². The lowest BCUT2D eigenvalue weighted by molar-refractivity contribution is -0.131. The highest BCUT2D eigenvalue weighted by atomic mass is 19.1. The van der Waals surface area contributed by atoms with Gasteiger partial charge in [0.05, 0.1) is 6.54 Å². The van der Waals surface area contributed by atoms with Crippen LogP contribution in [0.1, 0.15) is 16.8 Å². The Morgan fingerprint density at radius 3 is 2.61 bits per heavy atom. The fraction of sp³-hybridized carbons (Fsp3) is 0.105. The van der Waals surface area contributed by atoms with E-state index in [0.717, 1.165) is 28.2 Å². The molecule has 2 aromatic carbocycles. The Morgan fingerprint density at radius 1 is 1.17 bits per heavy atom. The Morgan fingerprint density at radius 2 is 1.87 bits per heavy atom. The van der Waals surface area contributed by atoms with Crippen LogP contribution in [0.25, 0.3) is 17.0 Å². The van der Waals surface area contributed by atoms with Crippen LogP contribution in [0.4, 0.5) is 4.39 Å². The van der Waals surface area contributed by atoms with Crippen molar-refractivity contribution in [1.82, 2.24) is 4.57 Å². The molecule has 1 heterocycles. The van der Waals surface area contributed by atoms with E-state index in [0.29, 0.717) is 12.1 Å². The molecule has 0 atom stereocenters. The molecule has 0 amide bonds. The third-order valence-electron chi connectivity index (χ3n) is 3.96. The lowest BCUT2D eigenvalue weighted by Crippen LogP contribution is -2.03. The number of carbonyl (C=O) groups is 1. The predicted molar refractivity (Wildman–Crippen MR) is 88.8 cm³/mol. The molecule has 3 rings (SSSR count). The van der Waals surface area contributed by atoms with Crippen molar-refractivity contribution in [3.8, 4) is 0 Å². The van der Waals surface area contributed by atoms with E-state index in [4.69, 9.17) is 5.11 Å². The topological polar surface area (TPSA) is 42.2 Å². The standard InChI is InChI=1S/C19H16FNO2/c1-13-15(10-11-19(22)23)16-7-3-5-9-18(16)21(13)12-14-6-2-4-8-17(14)20/h2-11H,12H2,1H3,(H,22,23)/b11-10+. The second-order valence-corrected chi connectivity index (χ2v) is 5.37. The molecule has 0 fully saturated rings. The second kappa shape index (κ2) is 6.08. The average molecular weight is 309 g/mol. The maximum absolute atomic E-state index is 14.0. The maximum atomic E-state index is 14.0. The van der Waals surface area contributed by atoms with Gasteiger partial charge < -0.3 is 9.67 Å². The summed E-state index contributed by atoms with van der Waals surface area (Å²) in [6.45, 7) is 2.32. The van der Waals surface area contributed by atoms with Gasteiger partial charge in [0.2, 0.25) is 0 Å². The summed E-state index contributed by atoms with van der Waals surface area (Å²) in [5.74, 6) is -1.23. The van der Waals surface area contributed by atoms with E-state index in [1.165, 1.54) is 6.07 Å². The van der Waals surface area contributed by atoms with E-state index in [-0.39, 0.29) is 5.82 Å². The van der Waals surface area contributed by atoms with Crippen molar-refractivity contribution in [3.63, 3.8) is 0 Å². The minimum atomic E-state index is -0.990. The first-order valence-electron chi connectivity index (χ1n) is 7.30. The highest BCUT2D eigenvalue weighted by Crippen LogP contribution is 2.28. The van der Waals surface area contributed by atoms with Gasteiger partial charge in [-0.15, -0.1) is 0 Å². The van der Waals surface area contributed by atoms with Crippen molar-refractivity contribution in [2.45, 2.75) is 13.5 Å². The number of carboxylic acid groups (broad SMARTS) is 1. The summed E-state index contributed by atoms with van der Waals surface area (Å²) in [4.78, 5) is 10.8. The van der Waals surface area contributed by atoms with Crippen molar-refractivity contribution < 1.29 is 14.3 Å². The average Bonchev–Trinajstić information content (AvgIpc) is 2.80. The zero-order valence-electron chi connectivity index (χ0n) is 12.7. The van der Waals surface area contributed by atoms with Crippen LogP contribution in [-0.2, 0) is 11.3 Å². The molecule has 0 unspecified atom stereocenters. The van der Waals surface area contributed by atoms with Gasteiger partial charge in [-0.25, -0.2) is 9.18 Å². The third kappa shape index (κ3) is 2.88. The van der Waals surface area contributed by atoms with E-state index >= 15 is 0 Å². The van der Waals surface area contributed by atoms with Crippen LogP contribution in [0, 0.1) is 12.7 Å². The van der Waals surface area contributed by atoms with Crippen LogP contribution in [0.15, 0.2) is 54.6 Å². The Balaban J connectivity index is 2.16. The monoisotopic (exact) mass is 309 g/mol. The summed E-state index contributed by atoms with van der Waals surface area (Å²) in [5, 5.41) is 9.83. The molecule has 0 bridgehead atoms. The van der Waals surface area contributed by atoms with Crippen molar-refractivity contribution in [1.29, 1.82) is 0 Å².